The van der Waals surface area contributed by atoms with Crippen LogP contribution in [0.2, 0.25) is 0 Å². The fourth-order valence-electron chi connectivity index (χ4n) is 1.24. The first-order chi connectivity index (χ1) is 4.91. The molecule has 1 aliphatic rings. The van der Waals surface area contributed by atoms with Crippen LogP contribution in [0.3, 0.4) is 0 Å². The van der Waals surface area contributed by atoms with E-state index < -0.39 is 0 Å². The second-order valence-electron chi connectivity index (χ2n) is 3.18. The second kappa shape index (κ2) is 18.4. The van der Waals surface area contributed by atoms with Gasteiger partial charge in [-0.2, -0.15) is 0 Å². The minimum absolute atomic E-state index is 0. The molecule has 72 valence electrons. The molecule has 0 aromatic rings. The maximum atomic E-state index is 2.12. The molecule has 1 rings (SSSR count). The zero-order valence-electron chi connectivity index (χ0n) is 10.4. The number of rotatable bonds is 0. The van der Waals surface area contributed by atoms with Crippen LogP contribution in [0.15, 0.2) is 0 Å². The van der Waals surface area contributed by atoms with Crippen molar-refractivity contribution in [3.8, 4) is 0 Å². The Hall–Kier alpha value is 1.60. The summed E-state index contributed by atoms with van der Waals surface area (Å²) in [6.45, 7) is 4.25. The van der Waals surface area contributed by atoms with E-state index in [1.807, 2.05) is 0 Å². The monoisotopic (exact) mass is 199 g/mol. The van der Waals surface area contributed by atoms with Crippen molar-refractivity contribution >= 4 is 0 Å². The van der Waals surface area contributed by atoms with Crippen LogP contribution in [0, 0.1) is 0 Å². The predicted molar refractivity (Wildman–Crippen MR) is 54.4 cm³/mol. The molecule has 0 aromatic heterocycles. The van der Waals surface area contributed by atoms with Crippen LogP contribution in [0.5, 0.6) is 0 Å². The van der Waals surface area contributed by atoms with Crippen molar-refractivity contribution in [2.75, 3.05) is 0 Å². The minimum Gasteiger partial charge on any atom is -1.00 e. The molecule has 1 aliphatic carbocycles. The maximum Gasteiger partial charge on any atom is 1.00 e. The average Bonchev–Trinajstić information content (AvgIpc) is 2.17. The minimum atomic E-state index is 0. The molecule has 2 heteroatoms. The van der Waals surface area contributed by atoms with Crippen molar-refractivity contribution in [2.24, 2.45) is 0 Å². The first-order valence-corrected chi connectivity index (χ1v) is 4.91. The molecule has 0 unspecified atom stereocenters. The Morgan fingerprint density at radius 1 is 0.750 bits per heavy atom. The SMILES string of the molecule is C1CCCCCC1.CCC.N.[H-].[K+]. The summed E-state index contributed by atoms with van der Waals surface area (Å²) >= 11 is 0. The van der Waals surface area contributed by atoms with E-state index in [9.17, 15) is 0 Å². The van der Waals surface area contributed by atoms with E-state index >= 15 is 0 Å². The first-order valence-electron chi connectivity index (χ1n) is 4.91. The summed E-state index contributed by atoms with van der Waals surface area (Å²) in [5.74, 6) is 0. The van der Waals surface area contributed by atoms with Gasteiger partial charge in [-0.3, -0.25) is 0 Å². The van der Waals surface area contributed by atoms with Crippen molar-refractivity contribution in [3.05, 3.63) is 0 Å². The quantitative estimate of drug-likeness (QED) is 0.465. The molecule has 1 nitrogen and oxygen atoms in total. The normalized spacial score (nSPS) is 15.5. The molecule has 0 atom stereocenters. The Morgan fingerprint density at radius 2 is 0.833 bits per heavy atom. The van der Waals surface area contributed by atoms with Gasteiger partial charge in [-0.05, 0) is 0 Å². The maximum absolute atomic E-state index is 2.12. The van der Waals surface area contributed by atoms with Crippen molar-refractivity contribution in [1.29, 1.82) is 0 Å². The van der Waals surface area contributed by atoms with Gasteiger partial charge in [0.25, 0.3) is 0 Å². The Morgan fingerprint density at radius 3 is 0.917 bits per heavy atom. The molecular weight excluding hydrogens is 173 g/mol. The fourth-order valence-corrected chi connectivity index (χ4v) is 1.24. The van der Waals surface area contributed by atoms with Gasteiger partial charge in [0.1, 0.15) is 0 Å². The van der Waals surface area contributed by atoms with E-state index in [1.54, 1.807) is 0 Å². The van der Waals surface area contributed by atoms with E-state index in [-0.39, 0.29) is 59.0 Å². The summed E-state index contributed by atoms with van der Waals surface area (Å²) in [5, 5.41) is 0. The molecule has 0 aromatic carbocycles. The van der Waals surface area contributed by atoms with Crippen molar-refractivity contribution in [2.45, 2.75) is 65.2 Å². The Kier molecular flexibility index (Phi) is 29.5. The molecule has 3 N–H and O–H groups in total. The van der Waals surface area contributed by atoms with E-state index in [4.69, 9.17) is 0 Å². The fraction of sp³-hybridized carbons (Fsp3) is 1.00. The van der Waals surface area contributed by atoms with Crippen molar-refractivity contribution < 1.29 is 52.8 Å². The van der Waals surface area contributed by atoms with Gasteiger partial charge in [0.15, 0.2) is 0 Å². The standard InChI is InChI=1S/C7H14.C3H8.K.H3N.H/c1-2-4-6-7-5-3-1;1-3-2;;;/h1-7H2;3H2,1-2H3;;1H3;/q;;+1;;-1. The van der Waals surface area contributed by atoms with Gasteiger partial charge in [0.05, 0.1) is 0 Å². The van der Waals surface area contributed by atoms with Gasteiger partial charge in [-0.15, -0.1) is 0 Å². The van der Waals surface area contributed by atoms with Gasteiger partial charge in [-0.25, -0.2) is 0 Å². The molecule has 0 bridgehead atoms. The van der Waals surface area contributed by atoms with Gasteiger partial charge in [0, 0.05) is 0 Å². The zero-order chi connectivity index (χ0) is 7.66. The summed E-state index contributed by atoms with van der Waals surface area (Å²) in [6.07, 6.45) is 11.8. The van der Waals surface area contributed by atoms with Gasteiger partial charge in [-0.1, -0.05) is 65.2 Å². The molecule has 0 heterocycles. The van der Waals surface area contributed by atoms with E-state index in [0.717, 1.165) is 0 Å². The topological polar surface area (TPSA) is 35.0 Å². The smallest absolute Gasteiger partial charge is 1.00 e. The van der Waals surface area contributed by atoms with E-state index in [2.05, 4.69) is 13.8 Å². The van der Waals surface area contributed by atoms with Gasteiger partial charge < -0.3 is 7.58 Å². The third-order valence-corrected chi connectivity index (χ3v) is 1.75. The Balaban J connectivity index is -0.0000000615. The third-order valence-electron chi connectivity index (χ3n) is 1.75. The molecule has 0 aliphatic heterocycles. The molecule has 0 radical (unpaired) electrons. The molecule has 0 amide bonds. The molecule has 12 heavy (non-hydrogen) atoms. The summed E-state index contributed by atoms with van der Waals surface area (Å²) in [4.78, 5) is 0. The first kappa shape index (κ1) is 19.2. The van der Waals surface area contributed by atoms with Gasteiger partial charge >= 0.3 is 51.4 Å². The van der Waals surface area contributed by atoms with Crippen LogP contribution in [0.1, 0.15) is 66.6 Å². The summed E-state index contributed by atoms with van der Waals surface area (Å²) in [5.41, 5.74) is 0. The number of hydrogen-bond donors (Lipinski definition) is 1. The molecule has 0 saturated heterocycles. The van der Waals surface area contributed by atoms with Crippen LogP contribution in [0.4, 0.5) is 0 Å². The number of hydrogen-bond acceptors (Lipinski definition) is 1. The molecule has 1 saturated carbocycles. The van der Waals surface area contributed by atoms with Crippen LogP contribution in [-0.2, 0) is 0 Å². The molecule has 1 fully saturated rings. The molecular formula is C10H26KN. The van der Waals surface area contributed by atoms with Gasteiger partial charge in [0.2, 0.25) is 0 Å². The molecule has 0 spiro atoms. The predicted octanol–water partition coefficient (Wildman–Crippen LogP) is 1.43. The summed E-state index contributed by atoms with van der Waals surface area (Å²) in [6, 6.07) is 0. The van der Waals surface area contributed by atoms with Crippen molar-refractivity contribution in [1.82, 2.24) is 6.15 Å². The van der Waals surface area contributed by atoms with Crippen LogP contribution < -0.4 is 57.5 Å². The van der Waals surface area contributed by atoms with Crippen LogP contribution in [0.25, 0.3) is 0 Å². The van der Waals surface area contributed by atoms with Crippen LogP contribution >= 0.6 is 0 Å². The Bertz CT molecular complexity index is 43.2. The third kappa shape index (κ3) is 17.6. The van der Waals surface area contributed by atoms with Crippen LogP contribution in [-0.4, -0.2) is 0 Å². The summed E-state index contributed by atoms with van der Waals surface area (Å²) < 4.78 is 0. The average molecular weight is 199 g/mol. The zero-order valence-corrected chi connectivity index (χ0v) is 12.5. The van der Waals surface area contributed by atoms with E-state index in [1.165, 1.54) is 51.4 Å². The largest absolute Gasteiger partial charge is 1.00 e. The summed E-state index contributed by atoms with van der Waals surface area (Å²) in [7, 11) is 0. The van der Waals surface area contributed by atoms with Crippen molar-refractivity contribution in [3.63, 3.8) is 0 Å². The van der Waals surface area contributed by atoms with E-state index in [0.29, 0.717) is 0 Å². The Labute approximate surface area is 123 Å². The second-order valence-corrected chi connectivity index (χ2v) is 3.18.